The van der Waals surface area contributed by atoms with Gasteiger partial charge in [-0.05, 0) is 51.0 Å². The Morgan fingerprint density at radius 2 is 2.15 bits per heavy atom. The van der Waals surface area contributed by atoms with Crippen LogP contribution < -0.4 is 0 Å². The van der Waals surface area contributed by atoms with E-state index >= 15 is 0 Å². The topological polar surface area (TPSA) is 27.1 Å². The van der Waals surface area contributed by atoms with E-state index in [4.69, 9.17) is 21.4 Å². The third-order valence-electron chi connectivity index (χ3n) is 4.83. The molecule has 0 saturated carbocycles. The lowest BCUT2D eigenvalue weighted by Crippen LogP contribution is -2.43. The van der Waals surface area contributed by atoms with Crippen molar-refractivity contribution in [2.24, 2.45) is 0 Å². The predicted molar refractivity (Wildman–Crippen MR) is 84.8 cm³/mol. The minimum atomic E-state index is 0.113. The second kappa shape index (κ2) is 5.90. The van der Waals surface area contributed by atoms with Gasteiger partial charge in [-0.2, -0.15) is 16.9 Å². The van der Waals surface area contributed by atoms with E-state index < -0.39 is 0 Å². The fourth-order valence-electron chi connectivity index (χ4n) is 3.55. The first-order valence-electron chi connectivity index (χ1n) is 7.47. The van der Waals surface area contributed by atoms with Crippen LogP contribution >= 0.6 is 23.4 Å². The number of aryl methyl sites for hydroxylation is 1. The third kappa shape index (κ3) is 2.62. The average molecular weight is 315 g/mol. The molecule has 1 spiro atoms. The highest BCUT2D eigenvalue weighted by atomic mass is 35.5. The van der Waals surface area contributed by atoms with E-state index in [-0.39, 0.29) is 5.60 Å². The molecule has 2 saturated heterocycles. The molecule has 1 atom stereocenters. The molecule has 20 heavy (non-hydrogen) atoms. The normalized spacial score (nSPS) is 26.1. The van der Waals surface area contributed by atoms with Crippen molar-refractivity contribution >= 4 is 23.4 Å². The van der Waals surface area contributed by atoms with E-state index in [2.05, 4.69) is 30.3 Å². The summed E-state index contributed by atoms with van der Waals surface area (Å²) in [6.45, 7) is 5.08. The number of rotatable bonds is 2. The van der Waals surface area contributed by atoms with Gasteiger partial charge in [-0.1, -0.05) is 0 Å². The molecule has 0 bridgehead atoms. The van der Waals surface area contributed by atoms with E-state index in [1.807, 2.05) is 0 Å². The van der Waals surface area contributed by atoms with Gasteiger partial charge in [0.25, 0.3) is 0 Å². The van der Waals surface area contributed by atoms with Crippen molar-refractivity contribution in [2.75, 3.05) is 18.1 Å². The van der Waals surface area contributed by atoms with Crippen molar-refractivity contribution in [3.63, 3.8) is 0 Å². The van der Waals surface area contributed by atoms with Gasteiger partial charge in [0.1, 0.15) is 0 Å². The van der Waals surface area contributed by atoms with Gasteiger partial charge in [-0.25, -0.2) is 0 Å². The Morgan fingerprint density at radius 3 is 2.80 bits per heavy atom. The summed E-state index contributed by atoms with van der Waals surface area (Å²) in [5.41, 5.74) is 3.63. The van der Waals surface area contributed by atoms with Gasteiger partial charge >= 0.3 is 0 Å². The molecular formula is C15H23ClN2OS. The molecule has 2 aliphatic heterocycles. The molecule has 0 amide bonds. The Labute approximate surface area is 130 Å². The monoisotopic (exact) mass is 314 g/mol. The van der Waals surface area contributed by atoms with E-state index in [1.165, 1.54) is 35.6 Å². The van der Waals surface area contributed by atoms with Crippen molar-refractivity contribution in [3.05, 3.63) is 17.0 Å². The second-order valence-corrected chi connectivity index (χ2v) is 7.51. The molecule has 3 rings (SSSR count). The molecule has 0 aliphatic carbocycles. The van der Waals surface area contributed by atoms with Crippen LogP contribution in [-0.4, -0.2) is 33.5 Å². The van der Waals surface area contributed by atoms with Crippen LogP contribution in [0.3, 0.4) is 0 Å². The smallest absolute Gasteiger partial charge is 0.0718 e. The summed E-state index contributed by atoms with van der Waals surface area (Å²) in [5, 5.41) is 4.75. The first-order valence-corrected chi connectivity index (χ1v) is 9.16. The van der Waals surface area contributed by atoms with Crippen LogP contribution in [-0.2, 0) is 10.6 Å². The molecule has 3 nitrogen and oxygen atoms in total. The van der Waals surface area contributed by atoms with E-state index in [1.54, 1.807) is 0 Å². The minimum Gasteiger partial charge on any atom is -0.375 e. The lowest BCUT2D eigenvalue weighted by Gasteiger charge is -2.43. The highest BCUT2D eigenvalue weighted by Gasteiger charge is 2.40. The number of alkyl halides is 1. The van der Waals surface area contributed by atoms with Crippen LogP contribution in [0.25, 0.3) is 0 Å². The van der Waals surface area contributed by atoms with Crippen molar-refractivity contribution in [1.29, 1.82) is 0 Å². The molecule has 1 aromatic rings. The SMILES string of the molecule is Cc1nn(C2CCOC3(CCSCC3)C2)c(C)c1CCl. The van der Waals surface area contributed by atoms with Crippen molar-refractivity contribution in [1.82, 2.24) is 9.78 Å². The van der Waals surface area contributed by atoms with Crippen molar-refractivity contribution in [2.45, 2.75) is 57.1 Å². The molecule has 0 radical (unpaired) electrons. The molecular weight excluding hydrogens is 292 g/mol. The van der Waals surface area contributed by atoms with Gasteiger partial charge in [0, 0.05) is 17.9 Å². The standard InChI is InChI=1S/C15H23ClN2OS/c1-11-14(10-16)12(2)18(17-11)13-3-6-19-15(9-13)4-7-20-8-5-15/h13H,3-10H2,1-2H3. The number of aromatic nitrogens is 2. The quantitative estimate of drug-likeness (QED) is 0.776. The maximum atomic E-state index is 6.18. The van der Waals surface area contributed by atoms with Gasteiger partial charge < -0.3 is 4.74 Å². The predicted octanol–water partition coefficient (Wildman–Crippen LogP) is 3.86. The van der Waals surface area contributed by atoms with Gasteiger partial charge in [-0.15, -0.1) is 11.6 Å². The minimum absolute atomic E-state index is 0.113. The summed E-state index contributed by atoms with van der Waals surface area (Å²) < 4.78 is 8.40. The maximum absolute atomic E-state index is 6.18. The number of nitrogens with zero attached hydrogens (tertiary/aromatic N) is 2. The highest BCUT2D eigenvalue weighted by Crippen LogP contribution is 2.41. The van der Waals surface area contributed by atoms with Gasteiger partial charge in [-0.3, -0.25) is 4.68 Å². The molecule has 2 fully saturated rings. The van der Waals surface area contributed by atoms with E-state index in [9.17, 15) is 0 Å². The zero-order valence-corrected chi connectivity index (χ0v) is 13.9. The Morgan fingerprint density at radius 1 is 1.40 bits per heavy atom. The number of hydrogen-bond donors (Lipinski definition) is 0. The Bertz CT molecular complexity index is 477. The second-order valence-electron chi connectivity index (χ2n) is 6.02. The summed E-state index contributed by atoms with van der Waals surface area (Å²) in [5.74, 6) is 3.02. The molecule has 1 unspecified atom stereocenters. The number of ether oxygens (including phenoxy) is 1. The third-order valence-corrected chi connectivity index (χ3v) is 6.08. The fourth-order valence-corrected chi connectivity index (χ4v) is 5.17. The number of hydrogen-bond acceptors (Lipinski definition) is 3. The summed E-state index contributed by atoms with van der Waals surface area (Å²) >= 11 is 8.10. The average Bonchev–Trinajstić information content (AvgIpc) is 2.74. The van der Waals surface area contributed by atoms with Crippen LogP contribution in [0.5, 0.6) is 0 Å². The number of halogens is 1. The zero-order valence-electron chi connectivity index (χ0n) is 12.3. The van der Waals surface area contributed by atoms with Crippen LogP contribution in [0.4, 0.5) is 0 Å². The van der Waals surface area contributed by atoms with Crippen LogP contribution in [0.15, 0.2) is 0 Å². The summed E-state index contributed by atoms with van der Waals surface area (Å²) in [6, 6.07) is 0.475. The molecule has 0 aromatic carbocycles. The van der Waals surface area contributed by atoms with Gasteiger partial charge in [0.05, 0.1) is 23.2 Å². The summed E-state index contributed by atoms with van der Waals surface area (Å²) in [6.07, 6.45) is 4.56. The molecule has 5 heteroatoms. The lowest BCUT2D eigenvalue weighted by atomic mass is 9.85. The maximum Gasteiger partial charge on any atom is 0.0718 e. The Balaban J connectivity index is 1.83. The zero-order chi connectivity index (χ0) is 14.2. The van der Waals surface area contributed by atoms with Crippen LogP contribution in [0.1, 0.15) is 48.7 Å². The number of thioether (sulfide) groups is 1. The first kappa shape index (κ1) is 14.7. The van der Waals surface area contributed by atoms with Crippen LogP contribution in [0.2, 0.25) is 0 Å². The largest absolute Gasteiger partial charge is 0.375 e. The van der Waals surface area contributed by atoms with E-state index in [0.717, 1.165) is 25.1 Å². The van der Waals surface area contributed by atoms with Crippen molar-refractivity contribution in [3.8, 4) is 0 Å². The Hall–Kier alpha value is -0.190. The highest BCUT2D eigenvalue weighted by molar-refractivity contribution is 7.99. The van der Waals surface area contributed by atoms with Crippen molar-refractivity contribution < 1.29 is 4.74 Å². The molecule has 3 heterocycles. The molecule has 112 valence electrons. The molecule has 2 aliphatic rings. The van der Waals surface area contributed by atoms with Crippen LogP contribution in [0, 0.1) is 13.8 Å². The van der Waals surface area contributed by atoms with Gasteiger partial charge in [0.15, 0.2) is 0 Å². The first-order chi connectivity index (χ1) is 9.65. The fraction of sp³-hybridized carbons (Fsp3) is 0.800. The Kier molecular flexibility index (Phi) is 4.34. The van der Waals surface area contributed by atoms with Gasteiger partial charge in [0.2, 0.25) is 0 Å². The summed E-state index contributed by atoms with van der Waals surface area (Å²) in [7, 11) is 0. The molecule has 1 aromatic heterocycles. The van der Waals surface area contributed by atoms with E-state index in [0.29, 0.717) is 11.9 Å². The molecule has 0 N–H and O–H groups in total. The lowest BCUT2D eigenvalue weighted by molar-refractivity contribution is -0.100. The summed E-state index contributed by atoms with van der Waals surface area (Å²) in [4.78, 5) is 0.